The molecule has 0 aromatic carbocycles. The summed E-state index contributed by atoms with van der Waals surface area (Å²) in [5.41, 5.74) is 0. The summed E-state index contributed by atoms with van der Waals surface area (Å²) in [6.07, 6.45) is 1.56. The van der Waals surface area contributed by atoms with E-state index < -0.39 is 24.4 Å². The van der Waals surface area contributed by atoms with Crippen LogP contribution in [0.3, 0.4) is 0 Å². The Bertz CT molecular complexity index is 640. The van der Waals surface area contributed by atoms with E-state index in [9.17, 15) is 15.0 Å². The Hall–Kier alpha value is -1.57. The van der Waals surface area contributed by atoms with Crippen molar-refractivity contribution in [3.05, 3.63) is 0 Å². The average molecular weight is 437 g/mol. The molecule has 0 radical (unpaired) electrons. The van der Waals surface area contributed by atoms with E-state index in [2.05, 4.69) is 37.5 Å². The van der Waals surface area contributed by atoms with Crippen LogP contribution in [0.5, 0.6) is 0 Å². The van der Waals surface area contributed by atoms with Crippen molar-refractivity contribution >= 4 is 5.97 Å². The minimum Gasteiger partial charge on any atom is -0.446 e. The molecular formula is C25H40O6. The summed E-state index contributed by atoms with van der Waals surface area (Å²) >= 11 is 0. The summed E-state index contributed by atoms with van der Waals surface area (Å²) in [5.74, 6) is 10.8. The van der Waals surface area contributed by atoms with Crippen molar-refractivity contribution in [2.75, 3.05) is 13.2 Å². The van der Waals surface area contributed by atoms with Crippen LogP contribution in [-0.4, -0.2) is 59.9 Å². The summed E-state index contributed by atoms with van der Waals surface area (Å²) in [6, 6.07) is 0. The summed E-state index contributed by atoms with van der Waals surface area (Å²) in [4.78, 5) is 12.0. The first-order chi connectivity index (χ1) is 14.8. The lowest BCUT2D eigenvalue weighted by atomic mass is 9.95. The van der Waals surface area contributed by atoms with Crippen LogP contribution in [-0.2, 0) is 19.0 Å². The standard InChI is InChI=1S/C25H40O6/c1-6-9-16-29-23(21(27)15-14-20(26)8-3)18(4)12-11-13-22-24(30-17-10-7-2)19(5)25(28)31-22/h18-24,26-27H,6-10,12,16-17H2,1-5H3/t18-,19-,20-,21-,22-,23+,24-/m1/s1. The van der Waals surface area contributed by atoms with Gasteiger partial charge in [-0.2, -0.15) is 0 Å². The lowest BCUT2D eigenvalue weighted by Gasteiger charge is -2.25. The minimum absolute atomic E-state index is 0.0959. The molecule has 1 fully saturated rings. The highest BCUT2D eigenvalue weighted by molar-refractivity contribution is 5.76. The van der Waals surface area contributed by atoms with Crippen LogP contribution in [0, 0.1) is 35.5 Å². The molecule has 0 amide bonds. The largest absolute Gasteiger partial charge is 0.446 e. The number of cyclic esters (lactones) is 1. The Morgan fingerprint density at radius 3 is 2.42 bits per heavy atom. The fourth-order valence-corrected chi connectivity index (χ4v) is 3.14. The van der Waals surface area contributed by atoms with E-state index in [-0.39, 0.29) is 23.9 Å². The highest BCUT2D eigenvalue weighted by atomic mass is 16.6. The number of unbranched alkanes of at least 4 members (excludes halogenated alkanes) is 2. The van der Waals surface area contributed by atoms with Gasteiger partial charge in [0.2, 0.25) is 0 Å². The molecule has 2 N–H and O–H groups in total. The van der Waals surface area contributed by atoms with Gasteiger partial charge in [-0.1, -0.05) is 64.2 Å². The molecule has 1 heterocycles. The first-order valence-electron chi connectivity index (χ1n) is 11.6. The molecule has 0 saturated carbocycles. The second-order valence-electron chi connectivity index (χ2n) is 8.18. The predicted octanol–water partition coefficient (Wildman–Crippen LogP) is 3.08. The summed E-state index contributed by atoms with van der Waals surface area (Å²) in [7, 11) is 0. The zero-order chi connectivity index (χ0) is 23.2. The number of esters is 1. The lowest BCUT2D eigenvalue weighted by molar-refractivity contribution is -0.142. The molecule has 1 aliphatic heterocycles. The maximum absolute atomic E-state index is 12.0. The normalized spacial score (nSPS) is 24.2. The van der Waals surface area contributed by atoms with Gasteiger partial charge < -0.3 is 24.4 Å². The van der Waals surface area contributed by atoms with E-state index in [1.165, 1.54) is 0 Å². The molecule has 6 nitrogen and oxygen atoms in total. The van der Waals surface area contributed by atoms with E-state index >= 15 is 0 Å². The van der Waals surface area contributed by atoms with Crippen LogP contribution in [0.25, 0.3) is 0 Å². The highest BCUT2D eigenvalue weighted by Crippen LogP contribution is 2.25. The van der Waals surface area contributed by atoms with Crippen LogP contribution in [0.2, 0.25) is 0 Å². The third-order valence-electron chi connectivity index (χ3n) is 5.35. The summed E-state index contributed by atoms with van der Waals surface area (Å²) in [5, 5.41) is 20.2. The van der Waals surface area contributed by atoms with Crippen molar-refractivity contribution in [1.29, 1.82) is 0 Å². The molecule has 0 aliphatic carbocycles. The van der Waals surface area contributed by atoms with E-state index in [0.717, 1.165) is 25.7 Å². The fraction of sp³-hybridized carbons (Fsp3) is 0.800. The maximum Gasteiger partial charge on any atom is 0.312 e. The predicted molar refractivity (Wildman–Crippen MR) is 120 cm³/mol. The van der Waals surface area contributed by atoms with Crippen LogP contribution in [0.15, 0.2) is 0 Å². The smallest absolute Gasteiger partial charge is 0.312 e. The molecule has 0 aromatic rings. The van der Waals surface area contributed by atoms with Gasteiger partial charge >= 0.3 is 5.97 Å². The molecule has 1 saturated heterocycles. The maximum atomic E-state index is 12.0. The van der Waals surface area contributed by atoms with E-state index in [1.54, 1.807) is 6.92 Å². The fourth-order valence-electron chi connectivity index (χ4n) is 3.14. The SMILES string of the molecule is CCCCO[C@H]([C@H](O)C#C[C@H](O)CC)[C@H](C)CC#C[C@H]1OC(=O)[C@H](C)[C@H]1OCCCC. The van der Waals surface area contributed by atoms with Crippen molar-refractivity contribution < 1.29 is 29.2 Å². The van der Waals surface area contributed by atoms with Gasteiger partial charge in [0, 0.05) is 19.6 Å². The highest BCUT2D eigenvalue weighted by Gasteiger charge is 2.41. The molecule has 6 heteroatoms. The Balaban J connectivity index is 2.78. The molecule has 0 unspecified atom stereocenters. The Labute approximate surface area is 188 Å². The van der Waals surface area contributed by atoms with Crippen LogP contribution in [0.4, 0.5) is 0 Å². The number of rotatable bonds is 12. The van der Waals surface area contributed by atoms with Gasteiger partial charge in [-0.15, -0.1) is 0 Å². The molecule has 1 rings (SSSR count). The van der Waals surface area contributed by atoms with Crippen LogP contribution < -0.4 is 0 Å². The molecule has 0 bridgehead atoms. The first-order valence-corrected chi connectivity index (χ1v) is 11.6. The quantitative estimate of drug-likeness (QED) is 0.278. The number of hydrogen-bond acceptors (Lipinski definition) is 6. The number of carbonyl (C=O) groups excluding carboxylic acids is 1. The Kier molecular flexibility index (Phi) is 13.5. The number of aliphatic hydroxyl groups excluding tert-OH is 2. The molecule has 1 aliphatic rings. The van der Waals surface area contributed by atoms with Gasteiger partial charge in [0.25, 0.3) is 0 Å². The van der Waals surface area contributed by atoms with Gasteiger partial charge in [0.15, 0.2) is 6.10 Å². The number of aliphatic hydroxyl groups is 2. The summed E-state index contributed by atoms with van der Waals surface area (Å²) in [6.45, 7) is 10.9. The van der Waals surface area contributed by atoms with Crippen molar-refractivity contribution in [2.24, 2.45) is 11.8 Å². The topological polar surface area (TPSA) is 85.2 Å². The van der Waals surface area contributed by atoms with Gasteiger partial charge in [0.05, 0.1) is 12.0 Å². The Morgan fingerprint density at radius 2 is 1.77 bits per heavy atom. The zero-order valence-corrected chi connectivity index (χ0v) is 19.7. The Morgan fingerprint density at radius 1 is 1.10 bits per heavy atom. The number of ether oxygens (including phenoxy) is 3. The van der Waals surface area contributed by atoms with Gasteiger partial charge in [-0.3, -0.25) is 4.79 Å². The second-order valence-corrected chi connectivity index (χ2v) is 8.18. The summed E-state index contributed by atoms with van der Waals surface area (Å²) < 4.78 is 17.2. The van der Waals surface area contributed by atoms with Gasteiger partial charge in [-0.25, -0.2) is 0 Å². The third kappa shape index (κ3) is 9.62. The van der Waals surface area contributed by atoms with Gasteiger partial charge in [0.1, 0.15) is 18.3 Å². The van der Waals surface area contributed by atoms with Crippen LogP contribution in [0.1, 0.15) is 73.1 Å². The minimum atomic E-state index is -1.01. The number of hydrogen-bond donors (Lipinski definition) is 2. The molecule has 176 valence electrons. The van der Waals surface area contributed by atoms with E-state index in [0.29, 0.717) is 26.1 Å². The first kappa shape index (κ1) is 27.5. The zero-order valence-electron chi connectivity index (χ0n) is 19.7. The lowest BCUT2D eigenvalue weighted by Crippen LogP contribution is -2.34. The third-order valence-corrected chi connectivity index (χ3v) is 5.35. The van der Waals surface area contributed by atoms with Crippen molar-refractivity contribution in [1.82, 2.24) is 0 Å². The molecular weight excluding hydrogens is 396 g/mol. The number of carbonyl (C=O) groups is 1. The second kappa shape index (κ2) is 15.3. The molecule has 31 heavy (non-hydrogen) atoms. The monoisotopic (exact) mass is 436 g/mol. The van der Waals surface area contributed by atoms with E-state index in [4.69, 9.17) is 14.2 Å². The molecule has 0 spiro atoms. The van der Waals surface area contributed by atoms with E-state index in [1.807, 2.05) is 13.8 Å². The molecule has 7 atom stereocenters. The van der Waals surface area contributed by atoms with Crippen molar-refractivity contribution in [2.45, 2.75) is 104 Å². The van der Waals surface area contributed by atoms with Crippen LogP contribution >= 0.6 is 0 Å². The van der Waals surface area contributed by atoms with Gasteiger partial charge in [-0.05, 0) is 32.1 Å². The molecule has 0 aromatic heterocycles. The van der Waals surface area contributed by atoms with Crippen molar-refractivity contribution in [3.63, 3.8) is 0 Å². The van der Waals surface area contributed by atoms with Crippen molar-refractivity contribution in [3.8, 4) is 23.7 Å². The average Bonchev–Trinajstić information content (AvgIpc) is 3.02.